The smallest absolute Gasteiger partial charge is 0.306 e. The molecule has 0 aromatic heterocycles. The second-order valence-corrected chi connectivity index (χ2v) is 10.2. The number of esters is 1. The molecule has 3 aromatic rings. The highest BCUT2D eigenvalue weighted by molar-refractivity contribution is 8.33. The van der Waals surface area contributed by atoms with E-state index in [9.17, 15) is 4.79 Å². The van der Waals surface area contributed by atoms with E-state index in [4.69, 9.17) is 4.74 Å². The summed E-state index contributed by atoms with van der Waals surface area (Å²) in [7, 11) is -1.34. The molecule has 2 nitrogen and oxygen atoms in total. The molecule has 1 aliphatic rings. The van der Waals surface area contributed by atoms with Crippen LogP contribution in [-0.2, 0) is 9.53 Å². The lowest BCUT2D eigenvalue weighted by molar-refractivity contribution is -0.154. The molecule has 0 amide bonds. The number of hydrogen-bond acceptors (Lipinski definition) is 2. The van der Waals surface area contributed by atoms with Gasteiger partial charge in [0.05, 0.1) is 0 Å². The van der Waals surface area contributed by atoms with E-state index in [1.54, 1.807) is 0 Å². The second kappa shape index (κ2) is 7.61. The number of carbonyl (C=O) groups is 1. The van der Waals surface area contributed by atoms with E-state index in [-0.39, 0.29) is 12.1 Å². The van der Waals surface area contributed by atoms with Crippen LogP contribution in [-0.4, -0.2) is 12.2 Å². The summed E-state index contributed by atoms with van der Waals surface area (Å²) in [5.41, 5.74) is 1.09. The summed E-state index contributed by atoms with van der Waals surface area (Å²) in [6.07, 6.45) is 4.61. The summed E-state index contributed by atoms with van der Waals surface area (Å²) in [5, 5.41) is 0. The van der Waals surface area contributed by atoms with Crippen LogP contribution in [0.3, 0.4) is 0 Å². The van der Waals surface area contributed by atoms with E-state index in [1.165, 1.54) is 14.7 Å². The van der Waals surface area contributed by atoms with Gasteiger partial charge in [0.25, 0.3) is 0 Å². The largest absolute Gasteiger partial charge is 0.457 e. The maximum atomic E-state index is 11.6. The fourth-order valence-electron chi connectivity index (χ4n) is 3.69. The molecule has 3 aromatic carbocycles. The number of carbonyl (C=O) groups excluding carboxylic acids is 1. The Hall–Kier alpha value is -2.52. The molecule has 3 heteroatoms. The highest BCUT2D eigenvalue weighted by atomic mass is 32.3. The minimum absolute atomic E-state index is 0.0839. The Morgan fingerprint density at radius 1 is 0.778 bits per heavy atom. The van der Waals surface area contributed by atoms with Crippen LogP contribution in [0.1, 0.15) is 30.9 Å². The average Bonchev–Trinajstić information content (AvgIpc) is 2.74. The molecule has 0 radical (unpaired) electrons. The lowest BCUT2D eigenvalue weighted by Gasteiger charge is -2.37. The van der Waals surface area contributed by atoms with Crippen molar-refractivity contribution in [1.29, 1.82) is 0 Å². The van der Waals surface area contributed by atoms with Crippen LogP contribution in [0.15, 0.2) is 99.6 Å². The Morgan fingerprint density at radius 2 is 1.30 bits per heavy atom. The van der Waals surface area contributed by atoms with Gasteiger partial charge in [0.15, 0.2) is 0 Å². The van der Waals surface area contributed by atoms with Gasteiger partial charge in [-0.15, -0.1) is 0 Å². The van der Waals surface area contributed by atoms with Gasteiger partial charge < -0.3 is 4.74 Å². The first-order valence-corrected chi connectivity index (χ1v) is 11.4. The summed E-state index contributed by atoms with van der Waals surface area (Å²) >= 11 is 0. The molecule has 1 unspecified atom stereocenters. The van der Waals surface area contributed by atoms with Gasteiger partial charge in [-0.05, 0) is 75.7 Å². The van der Waals surface area contributed by atoms with E-state index in [2.05, 4.69) is 91.2 Å². The molecule has 1 fully saturated rings. The molecule has 4 rings (SSSR count). The summed E-state index contributed by atoms with van der Waals surface area (Å²) < 4.78 is 5.54. The minimum Gasteiger partial charge on any atom is -0.457 e. The molecule has 1 atom stereocenters. The molecule has 1 aliphatic heterocycles. The Labute approximate surface area is 162 Å². The van der Waals surface area contributed by atoms with E-state index >= 15 is 0 Å². The second-order valence-electron chi connectivity index (χ2n) is 6.98. The Balaban J connectivity index is 1.74. The van der Waals surface area contributed by atoms with Crippen molar-refractivity contribution in [3.63, 3.8) is 0 Å². The Morgan fingerprint density at radius 3 is 1.81 bits per heavy atom. The maximum absolute atomic E-state index is 11.6. The van der Waals surface area contributed by atoms with Crippen molar-refractivity contribution in [2.75, 3.05) is 6.26 Å². The van der Waals surface area contributed by atoms with Gasteiger partial charge >= 0.3 is 5.97 Å². The van der Waals surface area contributed by atoms with Crippen LogP contribution >= 0.6 is 10.0 Å². The molecule has 0 spiro atoms. The van der Waals surface area contributed by atoms with E-state index in [0.29, 0.717) is 6.42 Å². The molecular formula is C24H24O2S. The molecule has 1 heterocycles. The first-order valence-electron chi connectivity index (χ1n) is 9.36. The van der Waals surface area contributed by atoms with Crippen molar-refractivity contribution < 1.29 is 9.53 Å². The van der Waals surface area contributed by atoms with Crippen LogP contribution < -0.4 is 0 Å². The van der Waals surface area contributed by atoms with Gasteiger partial charge in [-0.2, -0.15) is 10.0 Å². The van der Waals surface area contributed by atoms with Crippen LogP contribution in [0.25, 0.3) is 0 Å². The van der Waals surface area contributed by atoms with Crippen molar-refractivity contribution >= 4 is 16.0 Å². The van der Waals surface area contributed by atoms with Crippen molar-refractivity contribution in [2.45, 2.75) is 40.1 Å². The van der Waals surface area contributed by atoms with Crippen LogP contribution in [0.2, 0.25) is 0 Å². The number of rotatable bonds is 4. The third kappa shape index (κ3) is 3.52. The molecule has 0 saturated carbocycles. The topological polar surface area (TPSA) is 26.3 Å². The predicted octanol–water partition coefficient (Wildman–Crippen LogP) is 6.37. The SMILES string of the molecule is CS(c1ccccc1)(c1ccccc1)c1ccc(C2CCCC(=O)O2)cc1. The van der Waals surface area contributed by atoms with Crippen LogP contribution in [0, 0.1) is 0 Å². The van der Waals surface area contributed by atoms with Gasteiger partial charge in [-0.25, -0.2) is 0 Å². The summed E-state index contributed by atoms with van der Waals surface area (Å²) in [6, 6.07) is 30.2. The van der Waals surface area contributed by atoms with E-state index < -0.39 is 10.0 Å². The minimum atomic E-state index is -1.34. The molecule has 0 N–H and O–H groups in total. The summed E-state index contributed by atoms with van der Waals surface area (Å²) in [4.78, 5) is 15.6. The van der Waals surface area contributed by atoms with E-state index in [0.717, 1.165) is 18.4 Å². The predicted molar refractivity (Wildman–Crippen MR) is 110 cm³/mol. The molecule has 1 saturated heterocycles. The third-order valence-corrected chi connectivity index (χ3v) is 8.92. The van der Waals surface area contributed by atoms with Gasteiger partial charge in [-0.3, -0.25) is 4.79 Å². The normalized spacial score (nSPS) is 18.0. The fraction of sp³-hybridized carbons (Fsp3) is 0.208. The van der Waals surface area contributed by atoms with E-state index in [1.807, 2.05) is 0 Å². The van der Waals surface area contributed by atoms with Crippen LogP contribution in [0.5, 0.6) is 0 Å². The summed E-state index contributed by atoms with van der Waals surface area (Å²) in [5.74, 6) is -0.0839. The quantitative estimate of drug-likeness (QED) is 0.495. The Kier molecular flexibility index (Phi) is 5.04. The fourth-order valence-corrected chi connectivity index (χ4v) is 6.59. The number of ether oxygens (including phenoxy) is 1. The first-order chi connectivity index (χ1) is 13.2. The van der Waals surface area contributed by atoms with Crippen molar-refractivity contribution in [3.8, 4) is 0 Å². The standard InChI is InChI=1S/C24H24O2S/c1-27(20-9-4-2-5-10-20,21-11-6-3-7-12-21)22-17-15-19(16-18-22)23-13-8-14-24(25)26-23/h2-7,9-12,15-18,23H,8,13-14H2,1H3. The van der Waals surface area contributed by atoms with Crippen LogP contribution in [0.4, 0.5) is 0 Å². The van der Waals surface area contributed by atoms with Crippen molar-refractivity contribution in [1.82, 2.24) is 0 Å². The molecule has 27 heavy (non-hydrogen) atoms. The van der Waals surface area contributed by atoms with Gasteiger partial charge in [-0.1, -0.05) is 48.5 Å². The van der Waals surface area contributed by atoms with Crippen molar-refractivity contribution in [3.05, 3.63) is 90.5 Å². The van der Waals surface area contributed by atoms with Gasteiger partial charge in [0.1, 0.15) is 6.10 Å². The zero-order valence-electron chi connectivity index (χ0n) is 15.5. The van der Waals surface area contributed by atoms with Gasteiger partial charge in [0.2, 0.25) is 0 Å². The molecule has 0 aliphatic carbocycles. The molecular weight excluding hydrogens is 352 g/mol. The zero-order chi connectivity index (χ0) is 18.7. The highest BCUT2D eigenvalue weighted by Crippen LogP contribution is 2.65. The maximum Gasteiger partial charge on any atom is 0.306 e. The number of cyclic esters (lactones) is 1. The first kappa shape index (κ1) is 17.9. The molecule has 0 bridgehead atoms. The monoisotopic (exact) mass is 376 g/mol. The lowest BCUT2D eigenvalue weighted by Crippen LogP contribution is -2.16. The van der Waals surface area contributed by atoms with Crippen molar-refractivity contribution in [2.24, 2.45) is 0 Å². The Bertz CT molecular complexity index is 865. The average molecular weight is 377 g/mol. The number of benzene rings is 3. The number of hydrogen-bond donors (Lipinski definition) is 0. The third-order valence-electron chi connectivity index (χ3n) is 5.27. The molecule has 138 valence electrons. The highest BCUT2D eigenvalue weighted by Gasteiger charge is 2.27. The van der Waals surface area contributed by atoms with Gasteiger partial charge in [0, 0.05) is 6.42 Å². The summed E-state index contributed by atoms with van der Waals surface area (Å²) in [6.45, 7) is 0. The lowest BCUT2D eigenvalue weighted by atomic mass is 10.0. The zero-order valence-corrected chi connectivity index (χ0v) is 16.3.